The van der Waals surface area contributed by atoms with Crippen molar-refractivity contribution < 1.29 is 0 Å². The molecule has 0 aromatic carbocycles. The molecule has 2 fully saturated rings. The normalized spacial score (nSPS) is 23.3. The third-order valence-electron chi connectivity index (χ3n) is 4.03. The van der Waals surface area contributed by atoms with Crippen LogP contribution in [-0.2, 0) is 0 Å². The van der Waals surface area contributed by atoms with Crippen LogP contribution in [0.25, 0.3) is 0 Å². The van der Waals surface area contributed by atoms with Crippen molar-refractivity contribution in [3.8, 4) is 0 Å². The number of hydrogen-bond acceptors (Lipinski definition) is 4. The summed E-state index contributed by atoms with van der Waals surface area (Å²) in [6, 6.07) is 1.61. The summed E-state index contributed by atoms with van der Waals surface area (Å²) in [5.41, 5.74) is -0.0273. The number of piperidine rings is 1. The average Bonchev–Trinajstić information content (AvgIpc) is 3.23. The molecule has 1 atom stereocenters. The molecule has 1 aliphatic heterocycles. The van der Waals surface area contributed by atoms with E-state index >= 15 is 0 Å². The van der Waals surface area contributed by atoms with Crippen molar-refractivity contribution in [1.82, 2.24) is 15.3 Å². The number of H-pyrrole nitrogens is 1. The maximum absolute atomic E-state index is 11.7. The zero-order valence-corrected chi connectivity index (χ0v) is 11.5. The molecule has 0 spiro atoms. The van der Waals surface area contributed by atoms with Crippen LogP contribution < -0.4 is 15.8 Å². The summed E-state index contributed by atoms with van der Waals surface area (Å²) in [7, 11) is 2.03. The molecular formula is C14H22N4O. The van der Waals surface area contributed by atoms with Gasteiger partial charge < -0.3 is 15.2 Å². The molecule has 104 valence electrons. The molecule has 1 saturated carbocycles. The van der Waals surface area contributed by atoms with Gasteiger partial charge in [-0.25, -0.2) is 4.98 Å². The third-order valence-corrected chi connectivity index (χ3v) is 4.03. The predicted octanol–water partition coefficient (Wildman–Crippen LogP) is 1.08. The van der Waals surface area contributed by atoms with Crippen LogP contribution in [0.2, 0.25) is 0 Å². The maximum atomic E-state index is 11.7. The molecule has 5 nitrogen and oxygen atoms in total. The van der Waals surface area contributed by atoms with Gasteiger partial charge in [-0.15, -0.1) is 0 Å². The van der Waals surface area contributed by atoms with Crippen LogP contribution in [0.3, 0.4) is 0 Å². The first-order valence-electron chi connectivity index (χ1n) is 7.25. The summed E-state index contributed by atoms with van der Waals surface area (Å²) in [6.07, 6.45) is 4.82. The second-order valence-corrected chi connectivity index (χ2v) is 5.86. The highest BCUT2D eigenvalue weighted by Crippen LogP contribution is 2.37. The highest BCUT2D eigenvalue weighted by atomic mass is 16.1. The van der Waals surface area contributed by atoms with E-state index in [9.17, 15) is 4.79 Å². The van der Waals surface area contributed by atoms with Crippen molar-refractivity contribution in [3.05, 3.63) is 22.2 Å². The van der Waals surface area contributed by atoms with Gasteiger partial charge in [0.2, 0.25) is 0 Å². The molecule has 0 radical (unpaired) electrons. The fourth-order valence-electron chi connectivity index (χ4n) is 2.77. The number of rotatable bonds is 4. The summed E-state index contributed by atoms with van der Waals surface area (Å²) in [5.74, 6) is 2.83. The molecule has 5 heteroatoms. The SMILES string of the molecule is CN(CC1CCCNC1)c1cc(=O)[nH]c(C2CC2)n1. The highest BCUT2D eigenvalue weighted by molar-refractivity contribution is 5.37. The Morgan fingerprint density at radius 3 is 2.95 bits per heavy atom. The van der Waals surface area contributed by atoms with Crippen LogP contribution in [0.5, 0.6) is 0 Å². The zero-order chi connectivity index (χ0) is 13.2. The van der Waals surface area contributed by atoms with Crippen molar-refractivity contribution in [2.45, 2.75) is 31.6 Å². The highest BCUT2D eigenvalue weighted by Gasteiger charge is 2.27. The first kappa shape index (κ1) is 12.7. The van der Waals surface area contributed by atoms with Gasteiger partial charge >= 0.3 is 0 Å². The number of nitrogens with zero attached hydrogens (tertiary/aromatic N) is 2. The molecule has 0 bridgehead atoms. The Bertz CT molecular complexity index is 488. The number of aromatic amines is 1. The summed E-state index contributed by atoms with van der Waals surface area (Å²) in [5, 5.41) is 3.43. The van der Waals surface area contributed by atoms with Crippen molar-refractivity contribution in [1.29, 1.82) is 0 Å². The van der Waals surface area contributed by atoms with E-state index in [-0.39, 0.29) is 5.56 Å². The van der Waals surface area contributed by atoms with Gasteiger partial charge in [0.1, 0.15) is 11.6 Å². The molecule has 2 aliphatic rings. The average molecular weight is 262 g/mol. The van der Waals surface area contributed by atoms with Gasteiger partial charge in [0.05, 0.1) is 0 Å². The Morgan fingerprint density at radius 2 is 2.26 bits per heavy atom. The van der Waals surface area contributed by atoms with E-state index in [4.69, 9.17) is 0 Å². The number of anilines is 1. The Balaban J connectivity index is 1.71. The van der Waals surface area contributed by atoms with E-state index in [1.54, 1.807) is 6.07 Å². The summed E-state index contributed by atoms with van der Waals surface area (Å²) in [6.45, 7) is 3.17. The maximum Gasteiger partial charge on any atom is 0.252 e. The lowest BCUT2D eigenvalue weighted by atomic mass is 9.99. The topological polar surface area (TPSA) is 61.0 Å². The van der Waals surface area contributed by atoms with Gasteiger partial charge in [0, 0.05) is 25.6 Å². The van der Waals surface area contributed by atoms with Gasteiger partial charge in [-0.1, -0.05) is 0 Å². The molecule has 3 rings (SSSR count). The minimum Gasteiger partial charge on any atom is -0.359 e. The molecule has 2 heterocycles. The summed E-state index contributed by atoms with van der Waals surface area (Å²) in [4.78, 5) is 21.3. The largest absolute Gasteiger partial charge is 0.359 e. The Hall–Kier alpha value is -1.36. The predicted molar refractivity (Wildman–Crippen MR) is 75.7 cm³/mol. The summed E-state index contributed by atoms with van der Waals surface area (Å²) >= 11 is 0. The minimum absolute atomic E-state index is 0.0273. The number of aromatic nitrogens is 2. The molecule has 1 aromatic rings. The van der Waals surface area contributed by atoms with E-state index in [0.29, 0.717) is 11.8 Å². The minimum atomic E-state index is -0.0273. The Morgan fingerprint density at radius 1 is 1.42 bits per heavy atom. The van der Waals surface area contributed by atoms with Crippen LogP contribution in [0.4, 0.5) is 5.82 Å². The van der Waals surface area contributed by atoms with E-state index in [1.807, 2.05) is 7.05 Å². The molecule has 19 heavy (non-hydrogen) atoms. The molecular weight excluding hydrogens is 240 g/mol. The van der Waals surface area contributed by atoms with Gasteiger partial charge in [0.25, 0.3) is 5.56 Å². The lowest BCUT2D eigenvalue weighted by Gasteiger charge is -2.28. The Labute approximate surface area is 113 Å². The molecule has 0 amide bonds. The lowest BCUT2D eigenvalue weighted by molar-refractivity contribution is 0.380. The molecule has 1 unspecified atom stereocenters. The number of hydrogen-bond donors (Lipinski definition) is 2. The van der Waals surface area contributed by atoms with Crippen molar-refractivity contribution in [3.63, 3.8) is 0 Å². The van der Waals surface area contributed by atoms with Crippen LogP contribution in [-0.4, -0.2) is 36.6 Å². The van der Waals surface area contributed by atoms with Gasteiger partial charge in [0.15, 0.2) is 0 Å². The molecule has 1 aromatic heterocycles. The van der Waals surface area contributed by atoms with Crippen LogP contribution >= 0.6 is 0 Å². The first-order chi connectivity index (χ1) is 9.22. The van der Waals surface area contributed by atoms with Crippen LogP contribution in [0.1, 0.15) is 37.4 Å². The van der Waals surface area contributed by atoms with Crippen LogP contribution in [0.15, 0.2) is 10.9 Å². The zero-order valence-electron chi connectivity index (χ0n) is 11.5. The van der Waals surface area contributed by atoms with E-state index in [1.165, 1.54) is 12.8 Å². The standard InChI is InChI=1S/C14H22N4O/c1-18(9-10-3-2-6-15-8-10)12-7-13(19)17-14(16-12)11-4-5-11/h7,10-11,15H,2-6,8-9H2,1H3,(H,16,17,19). The number of nitrogens with one attached hydrogen (secondary N) is 2. The fourth-order valence-corrected chi connectivity index (χ4v) is 2.77. The molecule has 1 aliphatic carbocycles. The van der Waals surface area contributed by atoms with E-state index in [2.05, 4.69) is 20.2 Å². The monoisotopic (exact) mass is 262 g/mol. The fraction of sp³-hybridized carbons (Fsp3) is 0.714. The third kappa shape index (κ3) is 3.15. The molecule has 1 saturated heterocycles. The second kappa shape index (κ2) is 5.33. The molecule has 2 N–H and O–H groups in total. The van der Waals surface area contributed by atoms with Crippen LogP contribution in [0, 0.1) is 5.92 Å². The van der Waals surface area contributed by atoms with Gasteiger partial charge in [-0.2, -0.15) is 0 Å². The smallest absolute Gasteiger partial charge is 0.252 e. The van der Waals surface area contributed by atoms with Gasteiger partial charge in [-0.3, -0.25) is 4.79 Å². The lowest BCUT2D eigenvalue weighted by Crippen LogP contribution is -2.37. The second-order valence-electron chi connectivity index (χ2n) is 5.86. The van der Waals surface area contributed by atoms with E-state index in [0.717, 1.165) is 44.1 Å². The van der Waals surface area contributed by atoms with Gasteiger partial charge in [-0.05, 0) is 44.7 Å². The first-order valence-corrected chi connectivity index (χ1v) is 7.25. The quantitative estimate of drug-likeness (QED) is 0.852. The van der Waals surface area contributed by atoms with Crippen molar-refractivity contribution in [2.75, 3.05) is 31.6 Å². The van der Waals surface area contributed by atoms with Crippen molar-refractivity contribution in [2.24, 2.45) is 5.92 Å². The van der Waals surface area contributed by atoms with E-state index < -0.39 is 0 Å². The van der Waals surface area contributed by atoms with Crippen molar-refractivity contribution >= 4 is 5.82 Å². The summed E-state index contributed by atoms with van der Waals surface area (Å²) < 4.78 is 0. The Kier molecular flexibility index (Phi) is 3.55.